The second-order valence-corrected chi connectivity index (χ2v) is 5.56. The smallest absolute Gasteiger partial charge is 0.227 e. The van der Waals surface area contributed by atoms with Crippen LogP contribution < -0.4 is 0 Å². The topological polar surface area (TPSA) is 71.2 Å². The Labute approximate surface area is 129 Å². The molecule has 6 heteroatoms. The highest BCUT2D eigenvalue weighted by molar-refractivity contribution is 5.78. The Morgan fingerprint density at radius 1 is 1.45 bits per heavy atom. The second kappa shape index (κ2) is 6.27. The number of amides is 1. The van der Waals surface area contributed by atoms with Gasteiger partial charge in [0.1, 0.15) is 0 Å². The van der Waals surface area contributed by atoms with Gasteiger partial charge in [0, 0.05) is 18.9 Å². The van der Waals surface area contributed by atoms with Crippen molar-refractivity contribution in [1.82, 2.24) is 19.7 Å². The predicted molar refractivity (Wildman–Crippen MR) is 80.8 cm³/mol. The molecule has 0 aliphatic carbocycles. The number of aromatic nitrogens is 3. The van der Waals surface area contributed by atoms with Gasteiger partial charge in [-0.25, -0.2) is 0 Å². The van der Waals surface area contributed by atoms with Crippen molar-refractivity contribution in [2.75, 3.05) is 6.54 Å². The van der Waals surface area contributed by atoms with Gasteiger partial charge in [-0.05, 0) is 24.1 Å². The van der Waals surface area contributed by atoms with Crippen LogP contribution in [0.1, 0.15) is 36.4 Å². The summed E-state index contributed by atoms with van der Waals surface area (Å²) in [7, 11) is 0. The number of carbonyl (C=O) groups excluding carboxylic acids is 1. The van der Waals surface area contributed by atoms with E-state index in [-0.39, 0.29) is 5.91 Å². The van der Waals surface area contributed by atoms with Crippen molar-refractivity contribution in [3.8, 4) is 0 Å². The van der Waals surface area contributed by atoms with Crippen molar-refractivity contribution in [2.45, 2.75) is 39.0 Å². The zero-order valence-electron chi connectivity index (χ0n) is 12.6. The largest absolute Gasteiger partial charge is 0.387 e. The highest BCUT2D eigenvalue weighted by Gasteiger charge is 2.23. The fourth-order valence-corrected chi connectivity index (χ4v) is 2.66. The molecule has 1 N–H and O–H groups in total. The molecule has 0 saturated carbocycles. The van der Waals surface area contributed by atoms with Gasteiger partial charge in [0.2, 0.25) is 5.91 Å². The van der Waals surface area contributed by atoms with Crippen LogP contribution in [0.5, 0.6) is 0 Å². The third kappa shape index (κ3) is 3.01. The first-order chi connectivity index (χ1) is 10.7. The van der Waals surface area contributed by atoms with Crippen LogP contribution in [0, 0.1) is 0 Å². The van der Waals surface area contributed by atoms with E-state index in [1.165, 1.54) is 0 Å². The fraction of sp³-hybridized carbons (Fsp3) is 0.438. The van der Waals surface area contributed by atoms with Gasteiger partial charge in [-0.1, -0.05) is 13.0 Å². The fourth-order valence-electron chi connectivity index (χ4n) is 2.66. The summed E-state index contributed by atoms with van der Waals surface area (Å²) in [6, 6.07) is 5.65. The molecule has 22 heavy (non-hydrogen) atoms. The van der Waals surface area contributed by atoms with Gasteiger partial charge in [-0.15, -0.1) is 0 Å². The summed E-state index contributed by atoms with van der Waals surface area (Å²) in [6.45, 7) is 3.79. The first kappa shape index (κ1) is 14.7. The zero-order valence-corrected chi connectivity index (χ0v) is 12.6. The standard InChI is InChI=1S/C16H20N4O2/c1-2-15(21)14-9-13-11-19(6-7-20(13)18-14)16(22)8-12-4-3-5-17-10-12/h3-5,9-10,15,21H,2,6-8,11H2,1H3. The van der Waals surface area contributed by atoms with Crippen LogP contribution in [0.2, 0.25) is 0 Å². The van der Waals surface area contributed by atoms with Crippen LogP contribution in [0.3, 0.4) is 0 Å². The molecule has 0 saturated heterocycles. The van der Waals surface area contributed by atoms with Gasteiger partial charge in [0.15, 0.2) is 0 Å². The summed E-state index contributed by atoms with van der Waals surface area (Å²) >= 11 is 0. The predicted octanol–water partition coefficient (Wildman–Crippen LogP) is 1.31. The lowest BCUT2D eigenvalue weighted by Gasteiger charge is -2.27. The summed E-state index contributed by atoms with van der Waals surface area (Å²) in [4.78, 5) is 18.3. The first-order valence-corrected chi connectivity index (χ1v) is 7.58. The summed E-state index contributed by atoms with van der Waals surface area (Å²) in [6.07, 6.45) is 3.90. The summed E-state index contributed by atoms with van der Waals surface area (Å²) in [5.74, 6) is 0.0954. The third-order valence-electron chi connectivity index (χ3n) is 3.98. The number of carbonyl (C=O) groups is 1. The maximum Gasteiger partial charge on any atom is 0.227 e. The number of rotatable bonds is 4. The van der Waals surface area contributed by atoms with Crippen molar-refractivity contribution in [1.29, 1.82) is 0 Å². The van der Waals surface area contributed by atoms with Gasteiger partial charge >= 0.3 is 0 Å². The number of nitrogens with zero attached hydrogens (tertiary/aromatic N) is 4. The van der Waals surface area contributed by atoms with E-state index in [4.69, 9.17) is 0 Å². The van der Waals surface area contributed by atoms with Crippen LogP contribution in [-0.4, -0.2) is 37.2 Å². The van der Waals surface area contributed by atoms with Gasteiger partial charge in [0.25, 0.3) is 0 Å². The van der Waals surface area contributed by atoms with Gasteiger partial charge in [-0.3, -0.25) is 14.5 Å². The summed E-state index contributed by atoms with van der Waals surface area (Å²) in [5.41, 5.74) is 2.60. The van der Waals surface area contributed by atoms with Crippen LogP contribution in [0.15, 0.2) is 30.6 Å². The molecule has 2 aromatic heterocycles. The van der Waals surface area contributed by atoms with E-state index >= 15 is 0 Å². The molecular formula is C16H20N4O2. The molecule has 116 valence electrons. The number of hydrogen-bond donors (Lipinski definition) is 1. The highest BCUT2D eigenvalue weighted by atomic mass is 16.3. The average molecular weight is 300 g/mol. The number of aliphatic hydroxyl groups is 1. The lowest BCUT2D eigenvalue weighted by Crippen LogP contribution is -2.39. The molecule has 0 radical (unpaired) electrons. The lowest BCUT2D eigenvalue weighted by molar-refractivity contribution is -0.132. The molecule has 1 aliphatic heterocycles. The zero-order chi connectivity index (χ0) is 15.5. The van der Waals surface area contributed by atoms with E-state index in [1.807, 2.05) is 34.7 Å². The molecule has 0 bridgehead atoms. The van der Waals surface area contributed by atoms with Gasteiger partial charge in [-0.2, -0.15) is 5.10 Å². The molecule has 3 heterocycles. The van der Waals surface area contributed by atoms with E-state index < -0.39 is 6.10 Å². The molecule has 3 rings (SSSR count). The minimum Gasteiger partial charge on any atom is -0.387 e. The van der Waals surface area contributed by atoms with Crippen molar-refractivity contribution < 1.29 is 9.90 Å². The third-order valence-corrected chi connectivity index (χ3v) is 3.98. The van der Waals surface area contributed by atoms with Crippen LogP contribution in [-0.2, 0) is 24.3 Å². The second-order valence-electron chi connectivity index (χ2n) is 5.56. The normalized spacial score (nSPS) is 15.5. The van der Waals surface area contributed by atoms with E-state index in [0.29, 0.717) is 38.2 Å². The van der Waals surface area contributed by atoms with Crippen LogP contribution in [0.25, 0.3) is 0 Å². The minimum atomic E-state index is -0.530. The first-order valence-electron chi connectivity index (χ1n) is 7.58. The molecule has 1 unspecified atom stereocenters. The van der Waals surface area contributed by atoms with Crippen molar-refractivity contribution in [3.63, 3.8) is 0 Å². The van der Waals surface area contributed by atoms with Crippen LogP contribution in [0.4, 0.5) is 0 Å². The molecular weight excluding hydrogens is 280 g/mol. The maximum atomic E-state index is 12.4. The number of aliphatic hydroxyl groups excluding tert-OH is 1. The highest BCUT2D eigenvalue weighted by Crippen LogP contribution is 2.20. The average Bonchev–Trinajstić information content (AvgIpc) is 2.98. The van der Waals surface area contributed by atoms with E-state index in [2.05, 4.69) is 10.1 Å². The Hall–Kier alpha value is -2.21. The molecule has 1 aliphatic rings. The van der Waals surface area contributed by atoms with Crippen molar-refractivity contribution in [2.24, 2.45) is 0 Å². The monoisotopic (exact) mass is 300 g/mol. The SMILES string of the molecule is CCC(O)c1cc2n(n1)CCN(C(=O)Cc1cccnc1)C2. The molecule has 1 atom stereocenters. The Morgan fingerprint density at radius 2 is 2.32 bits per heavy atom. The molecule has 0 spiro atoms. The Kier molecular flexibility index (Phi) is 4.20. The van der Waals surface area contributed by atoms with Gasteiger partial charge in [0.05, 0.1) is 37.0 Å². The molecule has 0 fully saturated rings. The van der Waals surface area contributed by atoms with E-state index in [0.717, 1.165) is 11.3 Å². The molecule has 2 aromatic rings. The number of fused-ring (bicyclic) bond motifs is 1. The maximum absolute atomic E-state index is 12.4. The summed E-state index contributed by atoms with van der Waals surface area (Å²) < 4.78 is 1.89. The minimum absolute atomic E-state index is 0.0954. The number of pyridine rings is 1. The lowest BCUT2D eigenvalue weighted by atomic mass is 10.1. The van der Waals surface area contributed by atoms with Gasteiger partial charge < -0.3 is 10.0 Å². The number of hydrogen-bond acceptors (Lipinski definition) is 4. The molecule has 6 nitrogen and oxygen atoms in total. The quantitative estimate of drug-likeness (QED) is 0.924. The van der Waals surface area contributed by atoms with Crippen molar-refractivity contribution in [3.05, 3.63) is 47.5 Å². The molecule has 0 aromatic carbocycles. The Morgan fingerprint density at radius 3 is 3.05 bits per heavy atom. The van der Waals surface area contributed by atoms with E-state index in [9.17, 15) is 9.90 Å². The Balaban J connectivity index is 1.68. The Bertz CT molecular complexity index is 653. The van der Waals surface area contributed by atoms with E-state index in [1.54, 1.807) is 12.4 Å². The summed E-state index contributed by atoms with van der Waals surface area (Å²) in [5, 5.41) is 14.3. The van der Waals surface area contributed by atoms with Crippen LogP contribution >= 0.6 is 0 Å². The van der Waals surface area contributed by atoms with Crippen molar-refractivity contribution >= 4 is 5.91 Å². The molecule has 1 amide bonds.